The molecule has 1 unspecified atom stereocenters. The Labute approximate surface area is 132 Å². The molecule has 0 saturated carbocycles. The second-order valence-corrected chi connectivity index (χ2v) is 6.69. The number of amides is 1. The van der Waals surface area contributed by atoms with Gasteiger partial charge in [0.25, 0.3) is 0 Å². The van der Waals surface area contributed by atoms with Crippen LogP contribution in [0.3, 0.4) is 0 Å². The second kappa shape index (κ2) is 6.18. The van der Waals surface area contributed by atoms with Crippen LogP contribution in [-0.2, 0) is 4.79 Å². The minimum atomic E-state index is -0.0144. The van der Waals surface area contributed by atoms with Gasteiger partial charge in [0.2, 0.25) is 5.91 Å². The number of benzene rings is 1. The lowest BCUT2D eigenvalue weighted by molar-refractivity contribution is -0.125. The molecule has 1 aromatic carbocycles. The Morgan fingerprint density at radius 3 is 3.00 bits per heavy atom. The van der Waals surface area contributed by atoms with Crippen LogP contribution in [-0.4, -0.2) is 35.6 Å². The molecule has 0 aliphatic carbocycles. The summed E-state index contributed by atoms with van der Waals surface area (Å²) in [5.41, 5.74) is 0. The minimum absolute atomic E-state index is 0.0144. The predicted molar refractivity (Wildman–Crippen MR) is 87.6 cm³/mol. The molecule has 1 amide bonds. The summed E-state index contributed by atoms with van der Waals surface area (Å²) in [6.07, 6.45) is 4.25. The average Bonchev–Trinajstić information content (AvgIpc) is 3.10. The van der Waals surface area contributed by atoms with Crippen LogP contribution >= 0.6 is 22.9 Å². The first-order chi connectivity index (χ1) is 10.2. The molecule has 2 heterocycles. The number of hydrogen-bond acceptors (Lipinski definition) is 3. The molecule has 3 rings (SSSR count). The number of carbonyl (C=O) groups excluding carboxylic acids is 1. The maximum absolute atomic E-state index is 12.1. The van der Waals surface area contributed by atoms with Gasteiger partial charge in [0, 0.05) is 46.7 Å². The Hall–Kier alpha value is -1.36. The molecule has 1 aliphatic rings. The van der Waals surface area contributed by atoms with Crippen LogP contribution < -0.4 is 0 Å². The maximum atomic E-state index is 12.1. The zero-order valence-electron chi connectivity index (χ0n) is 11.5. The number of fused-ring (bicyclic) bond motifs is 1. The summed E-state index contributed by atoms with van der Waals surface area (Å²) in [5.74, 6) is 0.203. The largest absolute Gasteiger partial charge is 0.396 e. The van der Waals surface area contributed by atoms with Gasteiger partial charge in [-0.2, -0.15) is 0 Å². The van der Waals surface area contributed by atoms with E-state index in [9.17, 15) is 4.79 Å². The molecular formula is C16H16ClNO2S. The SMILES string of the molecule is O=C(/C=C/c1sc2ccccc2c1Cl)N1CCC(CO)C1. The lowest BCUT2D eigenvalue weighted by atomic mass is 10.1. The van der Waals surface area contributed by atoms with E-state index in [1.165, 1.54) is 0 Å². The van der Waals surface area contributed by atoms with Crippen molar-refractivity contribution in [1.82, 2.24) is 4.90 Å². The van der Waals surface area contributed by atoms with E-state index in [4.69, 9.17) is 16.7 Å². The number of thiophene rings is 1. The molecule has 21 heavy (non-hydrogen) atoms. The van der Waals surface area contributed by atoms with Crippen LogP contribution in [0.15, 0.2) is 30.3 Å². The molecule has 5 heteroatoms. The van der Waals surface area contributed by atoms with E-state index in [-0.39, 0.29) is 18.4 Å². The van der Waals surface area contributed by atoms with Crippen molar-refractivity contribution in [1.29, 1.82) is 0 Å². The minimum Gasteiger partial charge on any atom is -0.396 e. The highest BCUT2D eigenvalue weighted by Crippen LogP contribution is 2.35. The zero-order chi connectivity index (χ0) is 14.8. The topological polar surface area (TPSA) is 40.5 Å². The van der Waals surface area contributed by atoms with Crippen molar-refractivity contribution < 1.29 is 9.90 Å². The van der Waals surface area contributed by atoms with Crippen LogP contribution in [0.2, 0.25) is 5.02 Å². The van der Waals surface area contributed by atoms with E-state index in [0.717, 1.165) is 21.4 Å². The number of rotatable bonds is 3. The predicted octanol–water partition coefficient (Wildman–Crippen LogP) is 3.41. The first-order valence-electron chi connectivity index (χ1n) is 6.94. The molecule has 0 spiro atoms. The molecular weight excluding hydrogens is 306 g/mol. The van der Waals surface area contributed by atoms with E-state index >= 15 is 0 Å². The summed E-state index contributed by atoms with van der Waals surface area (Å²) < 4.78 is 1.12. The molecule has 1 N–H and O–H groups in total. The molecule has 1 fully saturated rings. The molecule has 0 bridgehead atoms. The zero-order valence-corrected chi connectivity index (χ0v) is 13.0. The maximum Gasteiger partial charge on any atom is 0.246 e. The highest BCUT2D eigenvalue weighted by atomic mass is 35.5. The Morgan fingerprint density at radius 2 is 2.29 bits per heavy atom. The number of nitrogens with zero attached hydrogens (tertiary/aromatic N) is 1. The van der Waals surface area contributed by atoms with Gasteiger partial charge in [-0.05, 0) is 18.6 Å². The summed E-state index contributed by atoms with van der Waals surface area (Å²) in [6.45, 7) is 1.50. The number of carbonyl (C=O) groups is 1. The molecule has 3 nitrogen and oxygen atoms in total. The van der Waals surface area contributed by atoms with Crippen molar-refractivity contribution in [2.75, 3.05) is 19.7 Å². The summed E-state index contributed by atoms with van der Waals surface area (Å²) in [4.78, 5) is 14.8. The number of halogens is 1. The first-order valence-corrected chi connectivity index (χ1v) is 8.13. The lowest BCUT2D eigenvalue weighted by Crippen LogP contribution is -2.27. The van der Waals surface area contributed by atoms with Gasteiger partial charge in [0.15, 0.2) is 0 Å². The smallest absolute Gasteiger partial charge is 0.246 e. The molecule has 1 aromatic heterocycles. The van der Waals surface area contributed by atoms with Crippen LogP contribution in [0, 0.1) is 5.92 Å². The van der Waals surface area contributed by atoms with Crippen LogP contribution in [0.4, 0.5) is 0 Å². The quantitative estimate of drug-likeness (QED) is 0.880. The van der Waals surface area contributed by atoms with Gasteiger partial charge in [-0.3, -0.25) is 4.79 Å². The molecule has 2 aromatic rings. The van der Waals surface area contributed by atoms with Gasteiger partial charge in [-0.25, -0.2) is 0 Å². The fourth-order valence-corrected chi connectivity index (χ4v) is 3.97. The van der Waals surface area contributed by atoms with Crippen LogP contribution in [0.1, 0.15) is 11.3 Å². The van der Waals surface area contributed by atoms with Crippen molar-refractivity contribution >= 4 is 45.0 Å². The van der Waals surface area contributed by atoms with Gasteiger partial charge < -0.3 is 10.0 Å². The van der Waals surface area contributed by atoms with Crippen molar-refractivity contribution in [3.05, 3.63) is 40.2 Å². The van der Waals surface area contributed by atoms with Crippen molar-refractivity contribution in [3.8, 4) is 0 Å². The molecule has 1 saturated heterocycles. The van der Waals surface area contributed by atoms with Crippen molar-refractivity contribution in [2.24, 2.45) is 5.92 Å². The van der Waals surface area contributed by atoms with Crippen molar-refractivity contribution in [2.45, 2.75) is 6.42 Å². The summed E-state index contributed by atoms with van der Waals surface area (Å²) >= 11 is 7.93. The molecule has 1 aliphatic heterocycles. The average molecular weight is 322 g/mol. The Morgan fingerprint density at radius 1 is 1.48 bits per heavy atom. The molecule has 0 radical (unpaired) electrons. The Kier molecular flexibility index (Phi) is 4.29. The monoisotopic (exact) mass is 321 g/mol. The number of likely N-dealkylation sites (tertiary alicyclic amines) is 1. The van der Waals surface area contributed by atoms with Crippen LogP contribution in [0.25, 0.3) is 16.2 Å². The Balaban J connectivity index is 1.75. The second-order valence-electron chi connectivity index (χ2n) is 5.23. The van der Waals surface area contributed by atoms with Gasteiger partial charge in [-0.15, -0.1) is 11.3 Å². The van der Waals surface area contributed by atoms with E-state index < -0.39 is 0 Å². The van der Waals surface area contributed by atoms with Crippen molar-refractivity contribution in [3.63, 3.8) is 0 Å². The third kappa shape index (κ3) is 2.98. The third-order valence-corrected chi connectivity index (χ3v) is 5.45. The van der Waals surface area contributed by atoms with Gasteiger partial charge in [0.1, 0.15) is 0 Å². The molecule has 110 valence electrons. The lowest BCUT2D eigenvalue weighted by Gasteiger charge is -2.13. The van der Waals surface area contributed by atoms with E-state index in [1.807, 2.05) is 24.3 Å². The highest BCUT2D eigenvalue weighted by molar-refractivity contribution is 7.20. The van der Waals surface area contributed by atoms with E-state index in [1.54, 1.807) is 28.4 Å². The third-order valence-electron chi connectivity index (χ3n) is 3.79. The first kappa shape index (κ1) is 14.6. The highest BCUT2D eigenvalue weighted by Gasteiger charge is 2.24. The summed E-state index contributed by atoms with van der Waals surface area (Å²) in [5, 5.41) is 10.8. The number of aliphatic hydroxyl groups excluding tert-OH is 1. The van der Waals surface area contributed by atoms with Crippen LogP contribution in [0.5, 0.6) is 0 Å². The van der Waals surface area contributed by atoms with E-state index in [2.05, 4.69) is 0 Å². The van der Waals surface area contributed by atoms with Gasteiger partial charge in [0.05, 0.1) is 5.02 Å². The Bertz CT molecular complexity index is 695. The standard InChI is InChI=1S/C16H16ClNO2S/c17-16-12-3-1-2-4-13(12)21-14(16)5-6-15(20)18-8-7-11(9-18)10-19/h1-6,11,19H,7-10H2/b6-5+. The summed E-state index contributed by atoms with van der Waals surface area (Å²) in [6, 6.07) is 7.95. The molecule has 1 atom stereocenters. The fourth-order valence-electron chi connectivity index (χ4n) is 2.57. The van der Waals surface area contributed by atoms with E-state index in [0.29, 0.717) is 18.1 Å². The summed E-state index contributed by atoms with van der Waals surface area (Å²) in [7, 11) is 0. The normalized spacial score (nSPS) is 19.0. The fraction of sp³-hybridized carbons (Fsp3) is 0.312. The van der Waals surface area contributed by atoms with Gasteiger partial charge >= 0.3 is 0 Å². The number of aliphatic hydroxyl groups is 1. The number of hydrogen-bond donors (Lipinski definition) is 1. The van der Waals surface area contributed by atoms with Gasteiger partial charge in [-0.1, -0.05) is 29.8 Å².